The number of nitrogens with two attached hydrogens (primary N) is 1. The van der Waals surface area contributed by atoms with Crippen molar-refractivity contribution < 1.29 is 4.74 Å². The van der Waals surface area contributed by atoms with Gasteiger partial charge in [0.2, 0.25) is 0 Å². The fourth-order valence-corrected chi connectivity index (χ4v) is 1.97. The number of rotatable bonds is 5. The smallest absolute Gasteiger partial charge is 0.0503 e. The first-order valence-corrected chi connectivity index (χ1v) is 5.17. The van der Waals surface area contributed by atoms with Crippen molar-refractivity contribution in [2.45, 2.75) is 13.3 Å². The highest BCUT2D eigenvalue weighted by Gasteiger charge is 2.22. The van der Waals surface area contributed by atoms with E-state index in [-0.39, 0.29) is 0 Å². The van der Waals surface area contributed by atoms with Gasteiger partial charge in [-0.3, -0.25) is 0 Å². The highest BCUT2D eigenvalue weighted by Crippen LogP contribution is 2.17. The van der Waals surface area contributed by atoms with Gasteiger partial charge in [0, 0.05) is 20.2 Å². The summed E-state index contributed by atoms with van der Waals surface area (Å²) in [6, 6.07) is 0. The summed E-state index contributed by atoms with van der Waals surface area (Å²) in [4.78, 5) is 2.50. The second-order valence-corrected chi connectivity index (χ2v) is 4.21. The summed E-state index contributed by atoms with van der Waals surface area (Å²) in [7, 11) is 1.78. The van der Waals surface area contributed by atoms with Crippen LogP contribution in [0.15, 0.2) is 0 Å². The lowest BCUT2D eigenvalue weighted by atomic mass is 10.1. The molecule has 13 heavy (non-hydrogen) atoms. The summed E-state index contributed by atoms with van der Waals surface area (Å²) in [6.07, 6.45) is 1.28. The zero-order chi connectivity index (χ0) is 9.68. The molecule has 1 rings (SSSR count). The summed E-state index contributed by atoms with van der Waals surface area (Å²) in [5.74, 6) is 1.37. The molecule has 3 heteroatoms. The Bertz CT molecular complexity index is 141. The Morgan fingerprint density at radius 1 is 1.62 bits per heavy atom. The minimum Gasteiger partial charge on any atom is -0.384 e. The third kappa shape index (κ3) is 3.63. The van der Waals surface area contributed by atoms with Crippen molar-refractivity contribution in [3.8, 4) is 0 Å². The van der Waals surface area contributed by atoms with Crippen molar-refractivity contribution in [2.75, 3.05) is 39.9 Å². The van der Waals surface area contributed by atoms with E-state index in [1.54, 1.807) is 7.11 Å². The summed E-state index contributed by atoms with van der Waals surface area (Å²) in [5.41, 5.74) is 5.59. The van der Waals surface area contributed by atoms with E-state index in [2.05, 4.69) is 11.8 Å². The topological polar surface area (TPSA) is 38.5 Å². The molecule has 78 valence electrons. The quantitative estimate of drug-likeness (QED) is 0.681. The van der Waals surface area contributed by atoms with Crippen molar-refractivity contribution in [2.24, 2.45) is 17.6 Å². The van der Waals surface area contributed by atoms with Crippen LogP contribution in [0.25, 0.3) is 0 Å². The highest BCUT2D eigenvalue weighted by molar-refractivity contribution is 4.76. The van der Waals surface area contributed by atoms with Crippen molar-refractivity contribution in [1.82, 2.24) is 4.90 Å². The fourth-order valence-electron chi connectivity index (χ4n) is 1.97. The van der Waals surface area contributed by atoms with Gasteiger partial charge in [-0.05, 0) is 31.3 Å². The maximum Gasteiger partial charge on any atom is 0.0503 e. The number of nitrogens with zero attached hydrogens (tertiary/aromatic N) is 1. The second kappa shape index (κ2) is 5.58. The van der Waals surface area contributed by atoms with Gasteiger partial charge < -0.3 is 15.4 Å². The number of methoxy groups -OCH3 is 1. The maximum atomic E-state index is 5.59. The number of hydrogen-bond donors (Lipinski definition) is 1. The molecular formula is C10H22N2O. The molecule has 3 nitrogen and oxygen atoms in total. The summed E-state index contributed by atoms with van der Waals surface area (Å²) in [5, 5.41) is 0. The molecule has 1 fully saturated rings. The van der Waals surface area contributed by atoms with Crippen LogP contribution >= 0.6 is 0 Å². The normalized spacial score (nSPS) is 26.5. The average molecular weight is 186 g/mol. The Balaban J connectivity index is 2.17. The molecule has 1 saturated heterocycles. The first kappa shape index (κ1) is 11.0. The van der Waals surface area contributed by atoms with Crippen molar-refractivity contribution in [3.63, 3.8) is 0 Å². The van der Waals surface area contributed by atoms with Gasteiger partial charge in [-0.25, -0.2) is 0 Å². The van der Waals surface area contributed by atoms with Crippen LogP contribution in [-0.2, 0) is 4.74 Å². The monoisotopic (exact) mass is 186 g/mol. The van der Waals surface area contributed by atoms with Gasteiger partial charge in [0.1, 0.15) is 0 Å². The predicted octanol–water partition coefficient (Wildman–Crippen LogP) is 0.550. The standard InChI is InChI=1S/C10H22N2O/c1-9(5-11)6-12-4-3-10(7-12)8-13-2/h9-10H,3-8,11H2,1-2H3. The largest absolute Gasteiger partial charge is 0.384 e. The Morgan fingerprint density at radius 3 is 3.00 bits per heavy atom. The van der Waals surface area contributed by atoms with Gasteiger partial charge in [-0.1, -0.05) is 6.92 Å². The first-order chi connectivity index (χ1) is 6.26. The maximum absolute atomic E-state index is 5.59. The molecule has 0 aromatic rings. The second-order valence-electron chi connectivity index (χ2n) is 4.21. The molecule has 2 atom stereocenters. The molecule has 1 aliphatic rings. The van der Waals surface area contributed by atoms with E-state index in [4.69, 9.17) is 10.5 Å². The summed E-state index contributed by atoms with van der Waals surface area (Å²) < 4.78 is 5.15. The lowest BCUT2D eigenvalue weighted by Gasteiger charge is -2.19. The molecule has 1 heterocycles. The van der Waals surface area contributed by atoms with E-state index in [9.17, 15) is 0 Å². The van der Waals surface area contributed by atoms with E-state index in [1.807, 2.05) is 0 Å². The minimum atomic E-state index is 0.626. The summed E-state index contributed by atoms with van der Waals surface area (Å²) in [6.45, 7) is 7.48. The van der Waals surface area contributed by atoms with E-state index < -0.39 is 0 Å². The number of ether oxygens (including phenoxy) is 1. The van der Waals surface area contributed by atoms with Crippen molar-refractivity contribution in [1.29, 1.82) is 0 Å². The van der Waals surface area contributed by atoms with Gasteiger partial charge >= 0.3 is 0 Å². The van der Waals surface area contributed by atoms with Crippen LogP contribution in [0.2, 0.25) is 0 Å². The molecule has 0 saturated carbocycles. The molecular weight excluding hydrogens is 164 g/mol. The van der Waals surface area contributed by atoms with Gasteiger partial charge in [-0.15, -0.1) is 0 Å². The van der Waals surface area contributed by atoms with Gasteiger partial charge in [0.05, 0.1) is 6.61 Å². The third-order valence-corrected chi connectivity index (χ3v) is 2.74. The lowest BCUT2D eigenvalue weighted by Crippen LogP contribution is -2.30. The lowest BCUT2D eigenvalue weighted by molar-refractivity contribution is 0.151. The van der Waals surface area contributed by atoms with Crippen LogP contribution in [0.3, 0.4) is 0 Å². The molecule has 0 aromatic heterocycles. The number of hydrogen-bond acceptors (Lipinski definition) is 3. The molecule has 1 aliphatic heterocycles. The van der Waals surface area contributed by atoms with Crippen molar-refractivity contribution >= 4 is 0 Å². The van der Waals surface area contributed by atoms with E-state index in [1.165, 1.54) is 19.5 Å². The predicted molar refractivity (Wildman–Crippen MR) is 54.6 cm³/mol. The van der Waals surface area contributed by atoms with Crippen molar-refractivity contribution in [3.05, 3.63) is 0 Å². The molecule has 0 radical (unpaired) electrons. The van der Waals surface area contributed by atoms with E-state index in [0.717, 1.165) is 25.6 Å². The van der Waals surface area contributed by atoms with Gasteiger partial charge in [0.15, 0.2) is 0 Å². The highest BCUT2D eigenvalue weighted by atomic mass is 16.5. The Labute approximate surface area is 81.2 Å². The first-order valence-electron chi connectivity index (χ1n) is 5.17. The van der Waals surface area contributed by atoms with E-state index >= 15 is 0 Å². The van der Waals surface area contributed by atoms with Gasteiger partial charge in [-0.2, -0.15) is 0 Å². The zero-order valence-corrected chi connectivity index (χ0v) is 8.83. The van der Waals surface area contributed by atoms with Crippen LogP contribution in [0, 0.1) is 11.8 Å². The van der Waals surface area contributed by atoms with Crippen LogP contribution in [-0.4, -0.2) is 44.8 Å². The fraction of sp³-hybridized carbons (Fsp3) is 1.00. The molecule has 0 aliphatic carbocycles. The Hall–Kier alpha value is -0.120. The average Bonchev–Trinajstić information content (AvgIpc) is 2.53. The van der Waals surface area contributed by atoms with E-state index in [0.29, 0.717) is 5.92 Å². The molecule has 0 spiro atoms. The van der Waals surface area contributed by atoms with Gasteiger partial charge in [0.25, 0.3) is 0 Å². The molecule has 2 unspecified atom stereocenters. The molecule has 0 bridgehead atoms. The Morgan fingerprint density at radius 2 is 2.38 bits per heavy atom. The third-order valence-electron chi connectivity index (χ3n) is 2.74. The van der Waals surface area contributed by atoms with Crippen LogP contribution in [0.4, 0.5) is 0 Å². The zero-order valence-electron chi connectivity index (χ0n) is 8.83. The van der Waals surface area contributed by atoms with Crippen LogP contribution < -0.4 is 5.73 Å². The summed E-state index contributed by atoms with van der Waals surface area (Å²) >= 11 is 0. The molecule has 2 N–H and O–H groups in total. The Kier molecular flexibility index (Phi) is 4.70. The SMILES string of the molecule is COCC1CCN(CC(C)CN)C1. The number of likely N-dealkylation sites (tertiary alicyclic amines) is 1. The molecule has 0 aromatic carbocycles. The minimum absolute atomic E-state index is 0.626. The van der Waals surface area contributed by atoms with Crippen LogP contribution in [0.1, 0.15) is 13.3 Å². The van der Waals surface area contributed by atoms with Crippen LogP contribution in [0.5, 0.6) is 0 Å². The molecule has 0 amide bonds.